The fourth-order valence-corrected chi connectivity index (χ4v) is 1.92. The third kappa shape index (κ3) is 4.83. The minimum absolute atomic E-state index is 0.104. The molecule has 0 aliphatic rings. The Morgan fingerprint density at radius 3 is 2.17 bits per heavy atom. The summed E-state index contributed by atoms with van der Waals surface area (Å²) in [6, 6.07) is 13.7. The predicted octanol–water partition coefficient (Wildman–Crippen LogP) is 4.58. The van der Waals surface area contributed by atoms with Gasteiger partial charge in [-0.15, -0.1) is 0 Å². The molecule has 2 N–H and O–H groups in total. The van der Waals surface area contributed by atoms with Crippen LogP contribution in [-0.2, 0) is 4.79 Å². The number of hydrogen-bond acceptors (Lipinski definition) is 2. The number of benzene rings is 2. The SMILES string of the molecule is CC(C)(C)C(=O)Nc1cccc(C(=O)Nc2ccc(Cl)cc2)c1. The molecule has 0 atom stereocenters. The molecule has 4 nitrogen and oxygen atoms in total. The zero-order valence-corrected chi connectivity index (χ0v) is 14.1. The molecule has 0 aliphatic carbocycles. The summed E-state index contributed by atoms with van der Waals surface area (Å²) in [5.41, 5.74) is 1.21. The minimum atomic E-state index is -0.498. The second-order valence-electron chi connectivity index (χ2n) is 6.25. The smallest absolute Gasteiger partial charge is 0.255 e. The summed E-state index contributed by atoms with van der Waals surface area (Å²) in [7, 11) is 0. The molecule has 120 valence electrons. The van der Waals surface area contributed by atoms with E-state index in [4.69, 9.17) is 11.6 Å². The molecular weight excluding hydrogens is 312 g/mol. The molecule has 0 saturated carbocycles. The molecule has 0 radical (unpaired) electrons. The van der Waals surface area contributed by atoms with Gasteiger partial charge in [-0.3, -0.25) is 9.59 Å². The second-order valence-corrected chi connectivity index (χ2v) is 6.68. The molecule has 0 saturated heterocycles. The Balaban J connectivity index is 2.11. The summed E-state index contributed by atoms with van der Waals surface area (Å²) in [4.78, 5) is 24.3. The number of rotatable bonds is 3. The highest BCUT2D eigenvalue weighted by molar-refractivity contribution is 6.30. The first-order valence-electron chi connectivity index (χ1n) is 7.24. The van der Waals surface area contributed by atoms with Crippen LogP contribution in [0.2, 0.25) is 5.02 Å². The Hall–Kier alpha value is -2.33. The zero-order chi connectivity index (χ0) is 17.0. The number of halogens is 1. The van der Waals surface area contributed by atoms with E-state index in [-0.39, 0.29) is 11.8 Å². The van der Waals surface area contributed by atoms with Gasteiger partial charge in [0.15, 0.2) is 0 Å². The maximum atomic E-state index is 12.3. The maximum Gasteiger partial charge on any atom is 0.255 e. The predicted molar refractivity (Wildman–Crippen MR) is 93.9 cm³/mol. The summed E-state index contributed by atoms with van der Waals surface area (Å²) < 4.78 is 0. The van der Waals surface area contributed by atoms with E-state index in [1.165, 1.54) is 0 Å². The Morgan fingerprint density at radius 1 is 0.913 bits per heavy atom. The Bertz CT molecular complexity index is 719. The van der Waals surface area contributed by atoms with E-state index in [1.54, 1.807) is 48.5 Å². The zero-order valence-electron chi connectivity index (χ0n) is 13.3. The van der Waals surface area contributed by atoms with Crippen molar-refractivity contribution < 1.29 is 9.59 Å². The quantitative estimate of drug-likeness (QED) is 0.865. The summed E-state index contributed by atoms with van der Waals surface area (Å²) in [5.74, 6) is -0.355. The van der Waals surface area contributed by atoms with Gasteiger partial charge in [0.25, 0.3) is 5.91 Å². The average molecular weight is 331 g/mol. The van der Waals surface area contributed by atoms with Gasteiger partial charge in [-0.1, -0.05) is 38.4 Å². The topological polar surface area (TPSA) is 58.2 Å². The fraction of sp³-hybridized carbons (Fsp3) is 0.222. The number of carbonyl (C=O) groups excluding carboxylic acids is 2. The lowest BCUT2D eigenvalue weighted by Crippen LogP contribution is -2.27. The van der Waals surface area contributed by atoms with Crippen molar-refractivity contribution in [3.05, 3.63) is 59.1 Å². The van der Waals surface area contributed by atoms with Crippen molar-refractivity contribution >= 4 is 34.8 Å². The molecule has 0 fully saturated rings. The summed E-state index contributed by atoms with van der Waals surface area (Å²) >= 11 is 5.82. The second kappa shape index (κ2) is 6.84. The van der Waals surface area contributed by atoms with Crippen molar-refractivity contribution in [3.8, 4) is 0 Å². The molecule has 23 heavy (non-hydrogen) atoms. The summed E-state index contributed by atoms with van der Waals surface area (Å²) in [6.45, 7) is 5.50. The Morgan fingerprint density at radius 2 is 1.57 bits per heavy atom. The minimum Gasteiger partial charge on any atom is -0.326 e. The van der Waals surface area contributed by atoms with Gasteiger partial charge < -0.3 is 10.6 Å². The van der Waals surface area contributed by atoms with Crippen LogP contribution in [0, 0.1) is 5.41 Å². The van der Waals surface area contributed by atoms with Crippen molar-refractivity contribution in [1.82, 2.24) is 0 Å². The third-order valence-corrected chi connectivity index (χ3v) is 3.42. The van der Waals surface area contributed by atoms with Gasteiger partial charge >= 0.3 is 0 Å². The van der Waals surface area contributed by atoms with Crippen LogP contribution in [0.5, 0.6) is 0 Å². The van der Waals surface area contributed by atoms with Gasteiger partial charge in [0.05, 0.1) is 0 Å². The Kier molecular flexibility index (Phi) is 5.06. The monoisotopic (exact) mass is 330 g/mol. The standard InChI is InChI=1S/C18H19ClN2O2/c1-18(2,3)17(23)21-15-6-4-5-12(11-15)16(22)20-14-9-7-13(19)8-10-14/h4-11H,1-3H3,(H,20,22)(H,21,23). The molecule has 0 unspecified atom stereocenters. The maximum absolute atomic E-state index is 12.3. The van der Waals surface area contributed by atoms with Crippen LogP contribution in [0.15, 0.2) is 48.5 Å². The largest absolute Gasteiger partial charge is 0.326 e. The van der Waals surface area contributed by atoms with Crippen molar-refractivity contribution in [3.63, 3.8) is 0 Å². The van der Waals surface area contributed by atoms with Gasteiger partial charge in [-0.25, -0.2) is 0 Å². The van der Waals surface area contributed by atoms with Crippen LogP contribution in [0.25, 0.3) is 0 Å². The molecule has 0 bridgehead atoms. The lowest BCUT2D eigenvalue weighted by atomic mass is 9.95. The van der Waals surface area contributed by atoms with E-state index in [9.17, 15) is 9.59 Å². The fourth-order valence-electron chi connectivity index (χ4n) is 1.79. The van der Waals surface area contributed by atoms with Gasteiger partial charge in [-0.05, 0) is 42.5 Å². The van der Waals surface area contributed by atoms with Crippen molar-refractivity contribution in [2.24, 2.45) is 5.41 Å². The first kappa shape index (κ1) is 17.0. The van der Waals surface area contributed by atoms with E-state index in [0.29, 0.717) is 22.0 Å². The lowest BCUT2D eigenvalue weighted by molar-refractivity contribution is -0.123. The number of amides is 2. The summed E-state index contributed by atoms with van der Waals surface area (Å²) in [5, 5.41) is 6.20. The van der Waals surface area contributed by atoms with Crippen LogP contribution >= 0.6 is 11.6 Å². The average Bonchev–Trinajstić information content (AvgIpc) is 2.49. The Labute approximate surface area is 140 Å². The molecule has 0 aliphatic heterocycles. The first-order valence-corrected chi connectivity index (χ1v) is 7.62. The van der Waals surface area contributed by atoms with E-state index in [2.05, 4.69) is 10.6 Å². The number of anilines is 2. The van der Waals surface area contributed by atoms with Crippen LogP contribution in [0.1, 0.15) is 31.1 Å². The van der Waals surface area contributed by atoms with Crippen molar-refractivity contribution in [1.29, 1.82) is 0 Å². The normalized spacial score (nSPS) is 11.0. The number of nitrogens with one attached hydrogen (secondary N) is 2. The molecule has 0 heterocycles. The molecule has 0 aromatic heterocycles. The molecule has 2 amide bonds. The highest BCUT2D eigenvalue weighted by atomic mass is 35.5. The number of carbonyl (C=O) groups is 2. The van der Waals surface area contributed by atoms with Gasteiger partial charge in [0, 0.05) is 27.4 Å². The molecule has 5 heteroatoms. The molecule has 0 spiro atoms. The van der Waals surface area contributed by atoms with Crippen LogP contribution in [0.3, 0.4) is 0 Å². The molecule has 2 aromatic carbocycles. The summed E-state index contributed by atoms with van der Waals surface area (Å²) in [6.07, 6.45) is 0. The highest BCUT2D eigenvalue weighted by Crippen LogP contribution is 2.19. The van der Waals surface area contributed by atoms with E-state index >= 15 is 0 Å². The van der Waals surface area contributed by atoms with Gasteiger partial charge in [0.1, 0.15) is 0 Å². The first-order chi connectivity index (χ1) is 10.8. The lowest BCUT2D eigenvalue weighted by Gasteiger charge is -2.18. The van der Waals surface area contributed by atoms with Gasteiger partial charge in [-0.2, -0.15) is 0 Å². The molecule has 2 rings (SSSR count). The molecule has 2 aromatic rings. The van der Waals surface area contributed by atoms with Crippen LogP contribution in [0.4, 0.5) is 11.4 Å². The van der Waals surface area contributed by atoms with Crippen molar-refractivity contribution in [2.45, 2.75) is 20.8 Å². The van der Waals surface area contributed by atoms with E-state index in [0.717, 1.165) is 0 Å². The van der Waals surface area contributed by atoms with Gasteiger partial charge in [0.2, 0.25) is 5.91 Å². The van der Waals surface area contributed by atoms with Crippen LogP contribution in [-0.4, -0.2) is 11.8 Å². The van der Waals surface area contributed by atoms with Crippen LogP contribution < -0.4 is 10.6 Å². The number of hydrogen-bond donors (Lipinski definition) is 2. The third-order valence-electron chi connectivity index (χ3n) is 3.17. The van der Waals surface area contributed by atoms with Crippen molar-refractivity contribution in [2.75, 3.05) is 10.6 Å². The van der Waals surface area contributed by atoms with E-state index < -0.39 is 5.41 Å². The molecular formula is C18H19ClN2O2. The highest BCUT2D eigenvalue weighted by Gasteiger charge is 2.21. The van der Waals surface area contributed by atoms with E-state index in [1.807, 2.05) is 20.8 Å².